The predicted molar refractivity (Wildman–Crippen MR) is 135 cm³/mol. The van der Waals surface area contributed by atoms with E-state index < -0.39 is 0 Å². The summed E-state index contributed by atoms with van der Waals surface area (Å²) in [6.45, 7) is 2.80. The number of aryl methyl sites for hydroxylation is 1. The van der Waals surface area contributed by atoms with E-state index in [9.17, 15) is 4.79 Å². The number of nitrogens with zero attached hydrogens (tertiary/aromatic N) is 2. The summed E-state index contributed by atoms with van der Waals surface area (Å²) >= 11 is 15.7. The molecular weight excluding hydrogens is 525 g/mol. The molecule has 0 bridgehead atoms. The van der Waals surface area contributed by atoms with Crippen LogP contribution in [0.2, 0.25) is 10.0 Å². The van der Waals surface area contributed by atoms with Crippen LogP contribution in [0.1, 0.15) is 27.2 Å². The summed E-state index contributed by atoms with van der Waals surface area (Å²) in [7, 11) is 0. The van der Waals surface area contributed by atoms with Gasteiger partial charge in [0.05, 0.1) is 11.0 Å². The number of ether oxygens (including phenoxy) is 1. The smallest absolute Gasteiger partial charge is 0.256 e. The van der Waals surface area contributed by atoms with Gasteiger partial charge in [-0.25, -0.2) is 0 Å². The van der Waals surface area contributed by atoms with Gasteiger partial charge in [0.15, 0.2) is 5.82 Å². The second-order valence-electron chi connectivity index (χ2n) is 7.43. The molecule has 1 N–H and O–H groups in total. The van der Waals surface area contributed by atoms with E-state index in [-0.39, 0.29) is 5.91 Å². The molecule has 0 radical (unpaired) electrons. The molecule has 1 aromatic heterocycles. The van der Waals surface area contributed by atoms with Crippen LogP contribution in [-0.4, -0.2) is 15.7 Å². The average Bonchev–Trinajstić information content (AvgIpc) is 3.14. The molecule has 0 aliphatic heterocycles. The van der Waals surface area contributed by atoms with E-state index in [4.69, 9.17) is 27.9 Å². The maximum atomic E-state index is 12.7. The number of para-hydroxylation sites is 1. The largest absolute Gasteiger partial charge is 0.488 e. The van der Waals surface area contributed by atoms with E-state index in [1.807, 2.05) is 55.5 Å². The fourth-order valence-corrected chi connectivity index (χ4v) is 4.07. The number of amides is 1. The van der Waals surface area contributed by atoms with E-state index in [1.165, 1.54) is 0 Å². The first-order valence-corrected chi connectivity index (χ1v) is 11.7. The van der Waals surface area contributed by atoms with Crippen LogP contribution in [0.15, 0.2) is 77.3 Å². The molecule has 33 heavy (non-hydrogen) atoms. The molecular formula is C25H20BrCl2N3O2. The Morgan fingerprint density at radius 1 is 1.06 bits per heavy atom. The van der Waals surface area contributed by atoms with Crippen molar-refractivity contribution >= 4 is 50.9 Å². The highest BCUT2D eigenvalue weighted by atomic mass is 79.9. The van der Waals surface area contributed by atoms with E-state index in [0.29, 0.717) is 34.6 Å². The van der Waals surface area contributed by atoms with Crippen molar-refractivity contribution in [3.63, 3.8) is 0 Å². The highest BCUT2D eigenvalue weighted by molar-refractivity contribution is 9.10. The van der Waals surface area contributed by atoms with Gasteiger partial charge in [-0.15, -0.1) is 0 Å². The van der Waals surface area contributed by atoms with Crippen LogP contribution >= 0.6 is 39.1 Å². The summed E-state index contributed by atoms with van der Waals surface area (Å²) in [6.07, 6.45) is 0. The van der Waals surface area contributed by atoms with Gasteiger partial charge in [-0.3, -0.25) is 9.48 Å². The number of hydrogen-bond acceptors (Lipinski definition) is 3. The Morgan fingerprint density at radius 3 is 2.55 bits per heavy atom. The lowest BCUT2D eigenvalue weighted by molar-refractivity contribution is 0.102. The summed E-state index contributed by atoms with van der Waals surface area (Å²) in [4.78, 5) is 12.7. The minimum absolute atomic E-state index is 0.234. The van der Waals surface area contributed by atoms with Crippen molar-refractivity contribution in [1.29, 1.82) is 0 Å². The Kier molecular flexibility index (Phi) is 7.38. The zero-order valence-corrected chi connectivity index (χ0v) is 20.8. The van der Waals surface area contributed by atoms with E-state index in [0.717, 1.165) is 27.0 Å². The lowest BCUT2D eigenvalue weighted by Crippen LogP contribution is -2.13. The highest BCUT2D eigenvalue weighted by Crippen LogP contribution is 2.25. The monoisotopic (exact) mass is 543 g/mol. The number of halogens is 3. The standard InChI is InChI=1S/C25H20BrCl2N3O2/c1-16-12-24(30-31(16)14-19-10-11-20(27)13-22(19)28)29-25(32)18-8-6-17(7-9-18)15-33-23-5-3-2-4-21(23)26/h2-13H,14-15H2,1H3,(H,29,30,32). The van der Waals surface area contributed by atoms with Crippen LogP contribution in [0.3, 0.4) is 0 Å². The van der Waals surface area contributed by atoms with Crippen molar-refractivity contribution in [2.24, 2.45) is 0 Å². The summed E-state index contributed by atoms with van der Waals surface area (Å²) in [6, 6.07) is 22.1. The molecule has 168 valence electrons. The minimum Gasteiger partial charge on any atom is -0.488 e. The van der Waals surface area contributed by atoms with Crippen LogP contribution in [0.25, 0.3) is 0 Å². The van der Waals surface area contributed by atoms with Gasteiger partial charge in [-0.05, 0) is 70.4 Å². The van der Waals surface area contributed by atoms with Gasteiger partial charge < -0.3 is 10.1 Å². The Bertz CT molecular complexity index is 1290. The molecule has 8 heteroatoms. The van der Waals surface area contributed by atoms with Crippen LogP contribution in [0.5, 0.6) is 5.75 Å². The second-order valence-corrected chi connectivity index (χ2v) is 9.13. The van der Waals surface area contributed by atoms with Crippen molar-refractivity contribution in [3.8, 4) is 5.75 Å². The molecule has 0 saturated heterocycles. The zero-order valence-electron chi connectivity index (χ0n) is 17.7. The maximum Gasteiger partial charge on any atom is 0.256 e. The number of hydrogen-bond donors (Lipinski definition) is 1. The van der Waals surface area contributed by atoms with Gasteiger partial charge in [0.1, 0.15) is 12.4 Å². The maximum absolute atomic E-state index is 12.7. The molecule has 0 aliphatic carbocycles. The van der Waals surface area contributed by atoms with Gasteiger partial charge in [-0.1, -0.05) is 53.5 Å². The lowest BCUT2D eigenvalue weighted by Gasteiger charge is -2.09. The Balaban J connectivity index is 1.38. The molecule has 0 fully saturated rings. The predicted octanol–water partition coefficient (Wildman–Crippen LogP) is 7.14. The first-order chi connectivity index (χ1) is 15.9. The Labute approximate surface area is 210 Å². The zero-order chi connectivity index (χ0) is 23.4. The van der Waals surface area contributed by atoms with Crippen LogP contribution in [0, 0.1) is 6.92 Å². The molecule has 0 spiro atoms. The third-order valence-corrected chi connectivity index (χ3v) is 6.25. The summed E-state index contributed by atoms with van der Waals surface area (Å²) < 4.78 is 8.50. The third kappa shape index (κ3) is 5.96. The SMILES string of the molecule is Cc1cc(NC(=O)c2ccc(COc3ccccc3Br)cc2)nn1Cc1ccc(Cl)cc1Cl. The number of carbonyl (C=O) groups is 1. The van der Waals surface area contributed by atoms with Crippen LogP contribution < -0.4 is 10.1 Å². The molecule has 3 aromatic carbocycles. The molecule has 0 unspecified atom stereocenters. The Morgan fingerprint density at radius 2 is 1.82 bits per heavy atom. The number of aromatic nitrogens is 2. The van der Waals surface area contributed by atoms with Gasteiger partial charge in [0.2, 0.25) is 0 Å². The Hall–Kier alpha value is -2.80. The van der Waals surface area contributed by atoms with Crippen molar-refractivity contribution in [2.45, 2.75) is 20.1 Å². The molecule has 4 rings (SSSR count). The fraction of sp³-hybridized carbons (Fsp3) is 0.120. The van der Waals surface area contributed by atoms with Crippen molar-refractivity contribution in [3.05, 3.63) is 110 Å². The first-order valence-electron chi connectivity index (χ1n) is 10.1. The number of anilines is 1. The highest BCUT2D eigenvalue weighted by Gasteiger charge is 2.12. The van der Waals surface area contributed by atoms with Crippen LogP contribution in [0.4, 0.5) is 5.82 Å². The lowest BCUT2D eigenvalue weighted by atomic mass is 10.1. The van der Waals surface area contributed by atoms with Gasteiger partial charge in [0, 0.05) is 27.4 Å². The third-order valence-electron chi connectivity index (χ3n) is 5.01. The van der Waals surface area contributed by atoms with Crippen molar-refractivity contribution in [2.75, 3.05) is 5.32 Å². The summed E-state index contributed by atoms with van der Waals surface area (Å²) in [5.41, 5.74) is 3.29. The number of rotatable bonds is 7. The first kappa shape index (κ1) is 23.4. The molecule has 0 aliphatic rings. The number of benzene rings is 3. The molecule has 1 amide bonds. The number of carbonyl (C=O) groups excluding carboxylic acids is 1. The molecule has 5 nitrogen and oxygen atoms in total. The van der Waals surface area contributed by atoms with Crippen molar-refractivity contribution in [1.82, 2.24) is 9.78 Å². The normalized spacial score (nSPS) is 10.8. The average molecular weight is 545 g/mol. The van der Waals surface area contributed by atoms with Gasteiger partial charge in [-0.2, -0.15) is 5.10 Å². The minimum atomic E-state index is -0.234. The molecule has 0 saturated carbocycles. The van der Waals surface area contributed by atoms with Crippen LogP contribution in [-0.2, 0) is 13.2 Å². The van der Waals surface area contributed by atoms with E-state index >= 15 is 0 Å². The second kappa shape index (κ2) is 10.4. The van der Waals surface area contributed by atoms with E-state index in [2.05, 4.69) is 26.3 Å². The number of nitrogens with one attached hydrogen (secondary N) is 1. The molecule has 1 heterocycles. The van der Waals surface area contributed by atoms with E-state index in [1.54, 1.807) is 28.9 Å². The fourth-order valence-electron chi connectivity index (χ4n) is 3.21. The molecule has 4 aromatic rings. The topological polar surface area (TPSA) is 56.1 Å². The summed E-state index contributed by atoms with van der Waals surface area (Å²) in [5, 5.41) is 8.50. The quantitative estimate of drug-likeness (QED) is 0.269. The molecule has 0 atom stereocenters. The van der Waals surface area contributed by atoms with Crippen molar-refractivity contribution < 1.29 is 9.53 Å². The van der Waals surface area contributed by atoms with Gasteiger partial charge in [0.25, 0.3) is 5.91 Å². The summed E-state index contributed by atoms with van der Waals surface area (Å²) in [5.74, 6) is 1.01. The van der Waals surface area contributed by atoms with Gasteiger partial charge >= 0.3 is 0 Å².